The van der Waals surface area contributed by atoms with E-state index in [9.17, 15) is 14.4 Å². The van der Waals surface area contributed by atoms with Crippen molar-refractivity contribution in [1.82, 2.24) is 0 Å². The first kappa shape index (κ1) is 16.6. The minimum atomic E-state index is -2.30. The van der Waals surface area contributed by atoms with Crippen LogP contribution in [0.15, 0.2) is 30.3 Å². The van der Waals surface area contributed by atoms with Gasteiger partial charge in [-0.05, 0) is 5.56 Å². The van der Waals surface area contributed by atoms with E-state index in [2.05, 4.69) is 0 Å². The van der Waals surface area contributed by atoms with Crippen LogP contribution in [0, 0.1) is 0 Å². The fourth-order valence-electron chi connectivity index (χ4n) is 0.884. The normalized spacial score (nSPS) is 11.1. The molecule has 1 aromatic carbocycles. The van der Waals surface area contributed by atoms with Crippen molar-refractivity contribution in [2.75, 3.05) is 0 Å². The van der Waals surface area contributed by atoms with E-state index in [0.717, 1.165) is 0 Å². The minimum Gasteiger partial charge on any atom is -0.479 e. The molecule has 5 N–H and O–H groups in total. The molecular weight excluding hydrogens is 260 g/mol. The van der Waals surface area contributed by atoms with Crippen molar-refractivity contribution in [2.45, 2.75) is 12.2 Å². The zero-order chi connectivity index (χ0) is 15.0. The lowest BCUT2D eigenvalue weighted by molar-refractivity contribution is -0.161. The Morgan fingerprint density at radius 2 is 1.21 bits per heavy atom. The van der Waals surface area contributed by atoms with Crippen LogP contribution in [0.1, 0.15) is 11.7 Å². The molecule has 1 aromatic rings. The highest BCUT2D eigenvalue weighted by Gasteiger charge is 2.20. The van der Waals surface area contributed by atoms with Gasteiger partial charge in [-0.1, -0.05) is 30.3 Å². The molecule has 8 heteroatoms. The predicted molar refractivity (Wildman–Crippen MR) is 60.3 cm³/mol. The van der Waals surface area contributed by atoms with Gasteiger partial charge in [-0.3, -0.25) is 0 Å². The maximum Gasteiger partial charge on any atom is 0.344 e. The van der Waals surface area contributed by atoms with Gasteiger partial charge in [0.25, 0.3) is 0 Å². The Balaban J connectivity index is 0.000000362. The van der Waals surface area contributed by atoms with Crippen molar-refractivity contribution in [1.29, 1.82) is 0 Å². The predicted octanol–water partition coefficient (Wildman–Crippen LogP) is -0.679. The van der Waals surface area contributed by atoms with Crippen LogP contribution in [-0.2, 0) is 14.4 Å². The molecule has 104 valence electrons. The number of aliphatic carboxylic acids is 3. The number of hydrogen-bond acceptors (Lipinski definition) is 5. The van der Waals surface area contributed by atoms with Crippen molar-refractivity contribution in [3.63, 3.8) is 0 Å². The number of aliphatic hydroxyl groups is 2. The zero-order valence-corrected chi connectivity index (χ0v) is 9.50. The molecular formula is C11H12O8. The van der Waals surface area contributed by atoms with Crippen molar-refractivity contribution in [2.24, 2.45) is 0 Å². The van der Waals surface area contributed by atoms with Crippen LogP contribution in [0.25, 0.3) is 0 Å². The Morgan fingerprint density at radius 1 is 0.789 bits per heavy atom. The average molecular weight is 272 g/mol. The third-order valence-corrected chi connectivity index (χ3v) is 1.82. The van der Waals surface area contributed by atoms with Crippen LogP contribution in [0.4, 0.5) is 0 Å². The summed E-state index contributed by atoms with van der Waals surface area (Å²) in [6.07, 6.45) is -3.70. The topological polar surface area (TPSA) is 152 Å². The summed E-state index contributed by atoms with van der Waals surface area (Å²) < 4.78 is 0. The fraction of sp³-hybridized carbons (Fsp3) is 0.182. The van der Waals surface area contributed by atoms with E-state index in [-0.39, 0.29) is 0 Å². The third kappa shape index (κ3) is 6.15. The largest absolute Gasteiger partial charge is 0.479 e. The Hall–Kier alpha value is -2.45. The molecule has 0 heterocycles. The second-order valence-electron chi connectivity index (χ2n) is 3.23. The van der Waals surface area contributed by atoms with Gasteiger partial charge in [0, 0.05) is 0 Å². The molecule has 0 fully saturated rings. The number of aliphatic hydroxyl groups excluding tert-OH is 2. The number of carboxylic acid groups (broad SMARTS) is 3. The van der Waals surface area contributed by atoms with Crippen molar-refractivity contribution >= 4 is 17.9 Å². The number of rotatable bonds is 4. The quantitative estimate of drug-likeness (QED) is 0.452. The van der Waals surface area contributed by atoms with Crippen molar-refractivity contribution in [3.05, 3.63) is 35.9 Å². The molecule has 0 aromatic heterocycles. The zero-order valence-electron chi connectivity index (χ0n) is 9.50. The average Bonchev–Trinajstić information content (AvgIpc) is 2.38. The number of carboxylic acids is 3. The van der Waals surface area contributed by atoms with E-state index in [1.807, 2.05) is 0 Å². The second kappa shape index (κ2) is 7.80. The number of carbonyl (C=O) groups is 3. The third-order valence-electron chi connectivity index (χ3n) is 1.82. The molecule has 0 bridgehead atoms. The highest BCUT2D eigenvalue weighted by molar-refractivity contribution is 5.95. The minimum absolute atomic E-state index is 0.403. The van der Waals surface area contributed by atoms with E-state index >= 15 is 0 Å². The van der Waals surface area contributed by atoms with Gasteiger partial charge in [0.05, 0.1) is 0 Å². The lowest BCUT2D eigenvalue weighted by atomic mass is 10.1. The molecule has 19 heavy (non-hydrogen) atoms. The summed E-state index contributed by atoms with van der Waals surface area (Å²) in [5, 5.41) is 40.8. The maximum absolute atomic E-state index is 10.2. The Labute approximate surface area is 107 Å². The van der Waals surface area contributed by atoms with Gasteiger partial charge in [0.15, 0.2) is 6.10 Å². The van der Waals surface area contributed by atoms with Crippen molar-refractivity contribution < 1.29 is 39.9 Å². The van der Waals surface area contributed by atoms with Gasteiger partial charge in [0.1, 0.15) is 0 Å². The fourth-order valence-corrected chi connectivity index (χ4v) is 0.884. The van der Waals surface area contributed by atoms with Crippen molar-refractivity contribution in [3.8, 4) is 0 Å². The molecule has 0 aliphatic rings. The molecule has 0 aliphatic heterocycles. The molecule has 0 aliphatic carbocycles. The highest BCUT2D eigenvalue weighted by atomic mass is 16.4. The van der Waals surface area contributed by atoms with E-state index in [1.165, 1.54) is 0 Å². The van der Waals surface area contributed by atoms with Gasteiger partial charge in [-0.15, -0.1) is 0 Å². The van der Waals surface area contributed by atoms with Gasteiger partial charge in [-0.25, -0.2) is 14.4 Å². The summed E-state index contributed by atoms with van der Waals surface area (Å²) in [7, 11) is 0. The van der Waals surface area contributed by atoms with Crippen LogP contribution in [0.2, 0.25) is 0 Å². The van der Waals surface area contributed by atoms with E-state index < -0.39 is 30.1 Å². The molecule has 0 saturated carbocycles. The molecule has 0 amide bonds. The Kier molecular flexibility index (Phi) is 6.79. The van der Waals surface area contributed by atoms with Crippen LogP contribution < -0.4 is 0 Å². The standard InChI is InChI=1S/C8H8O3.C3H4O5/c9-7(8(10)11)6-4-2-1-3-5-6;4-1(2(5)6)3(7)8/h1-5,7,9H,(H,10,11);1,4H,(H,5,6)(H,7,8). The number of benzene rings is 1. The first-order chi connectivity index (χ1) is 8.77. The monoisotopic (exact) mass is 272 g/mol. The first-order valence-electron chi connectivity index (χ1n) is 4.86. The smallest absolute Gasteiger partial charge is 0.344 e. The SMILES string of the molecule is O=C(O)C(O)C(=O)O.O=C(O)C(O)c1ccccc1. The van der Waals surface area contributed by atoms with E-state index in [1.54, 1.807) is 30.3 Å². The summed E-state index contributed by atoms with van der Waals surface area (Å²) in [5.41, 5.74) is 0.403. The Bertz CT molecular complexity index is 427. The summed E-state index contributed by atoms with van der Waals surface area (Å²) in [5.74, 6) is -4.73. The van der Waals surface area contributed by atoms with Crippen LogP contribution in [-0.4, -0.2) is 49.5 Å². The molecule has 1 rings (SSSR count). The lowest BCUT2D eigenvalue weighted by Crippen LogP contribution is -2.28. The van der Waals surface area contributed by atoms with Gasteiger partial charge in [-0.2, -0.15) is 0 Å². The van der Waals surface area contributed by atoms with Crippen LogP contribution in [0.5, 0.6) is 0 Å². The highest BCUT2D eigenvalue weighted by Crippen LogP contribution is 2.10. The summed E-state index contributed by atoms with van der Waals surface area (Å²) in [6, 6.07) is 8.26. The molecule has 0 spiro atoms. The summed E-state index contributed by atoms with van der Waals surface area (Å²) >= 11 is 0. The molecule has 0 radical (unpaired) electrons. The van der Waals surface area contributed by atoms with Crippen LogP contribution in [0.3, 0.4) is 0 Å². The molecule has 1 unspecified atom stereocenters. The molecule has 1 atom stereocenters. The Morgan fingerprint density at radius 3 is 1.47 bits per heavy atom. The summed E-state index contributed by atoms with van der Waals surface area (Å²) in [4.78, 5) is 29.3. The first-order valence-corrected chi connectivity index (χ1v) is 4.86. The van der Waals surface area contributed by atoms with Gasteiger partial charge >= 0.3 is 17.9 Å². The molecule has 8 nitrogen and oxygen atoms in total. The van der Waals surface area contributed by atoms with E-state index in [0.29, 0.717) is 5.56 Å². The number of hydrogen-bond donors (Lipinski definition) is 5. The molecule has 0 saturated heterocycles. The second-order valence-corrected chi connectivity index (χ2v) is 3.23. The maximum atomic E-state index is 10.2. The lowest BCUT2D eigenvalue weighted by Gasteiger charge is -2.03. The van der Waals surface area contributed by atoms with Gasteiger partial charge in [0.2, 0.25) is 6.10 Å². The summed E-state index contributed by atoms with van der Waals surface area (Å²) in [6.45, 7) is 0. The van der Waals surface area contributed by atoms with Gasteiger partial charge < -0.3 is 25.5 Å². The van der Waals surface area contributed by atoms with E-state index in [4.69, 9.17) is 25.5 Å². The van der Waals surface area contributed by atoms with Crippen LogP contribution >= 0.6 is 0 Å².